The van der Waals surface area contributed by atoms with Crippen LogP contribution in [0.15, 0.2) is 42.5 Å². The SMILES string of the molecule is [C-]#[N+]c1ccc2c(cc(C3CC3)n2Cc2nnc(-c3cccc(C(F)(F)F)c3)[nH]2)c1C(F)(F)F. The van der Waals surface area contributed by atoms with Crippen LogP contribution in [0, 0.1) is 6.57 Å². The van der Waals surface area contributed by atoms with E-state index in [1.165, 1.54) is 24.3 Å². The van der Waals surface area contributed by atoms with Crippen LogP contribution >= 0.6 is 0 Å². The molecule has 2 aromatic heterocycles. The van der Waals surface area contributed by atoms with Crippen LogP contribution in [0.5, 0.6) is 0 Å². The minimum absolute atomic E-state index is 0.0515. The zero-order valence-corrected chi connectivity index (χ0v) is 17.3. The molecule has 11 heteroatoms. The van der Waals surface area contributed by atoms with E-state index >= 15 is 0 Å². The number of rotatable bonds is 4. The first-order valence-electron chi connectivity index (χ1n) is 10.3. The zero-order valence-electron chi connectivity index (χ0n) is 17.3. The summed E-state index contributed by atoms with van der Waals surface area (Å²) >= 11 is 0. The number of benzene rings is 2. The third kappa shape index (κ3) is 3.89. The number of hydrogen-bond donors (Lipinski definition) is 1. The van der Waals surface area contributed by atoms with E-state index in [0.29, 0.717) is 11.2 Å². The van der Waals surface area contributed by atoms with Crippen molar-refractivity contribution in [2.45, 2.75) is 37.7 Å². The maximum atomic E-state index is 13.8. The van der Waals surface area contributed by atoms with Gasteiger partial charge in [0.25, 0.3) is 0 Å². The van der Waals surface area contributed by atoms with E-state index in [9.17, 15) is 26.3 Å². The Morgan fingerprint density at radius 2 is 1.76 bits per heavy atom. The Morgan fingerprint density at radius 1 is 1.00 bits per heavy atom. The summed E-state index contributed by atoms with van der Waals surface area (Å²) < 4.78 is 82.2. The Hall–Kier alpha value is -3.81. The van der Waals surface area contributed by atoms with E-state index in [2.05, 4.69) is 20.0 Å². The predicted octanol–water partition coefficient (Wildman–Crippen LogP) is 6.94. The molecule has 174 valence electrons. The first-order chi connectivity index (χ1) is 16.1. The lowest BCUT2D eigenvalue weighted by Gasteiger charge is -2.12. The second-order valence-electron chi connectivity index (χ2n) is 8.13. The number of fused-ring (bicyclic) bond motifs is 1. The van der Waals surface area contributed by atoms with Crippen molar-refractivity contribution in [2.75, 3.05) is 0 Å². The molecule has 0 unspecified atom stereocenters. The van der Waals surface area contributed by atoms with Gasteiger partial charge in [0.05, 0.1) is 24.2 Å². The highest BCUT2D eigenvalue weighted by atomic mass is 19.4. The molecule has 4 aromatic rings. The van der Waals surface area contributed by atoms with E-state index in [0.717, 1.165) is 31.0 Å². The minimum atomic E-state index is -4.70. The van der Waals surface area contributed by atoms with E-state index in [-0.39, 0.29) is 35.1 Å². The van der Waals surface area contributed by atoms with E-state index < -0.39 is 29.2 Å². The quantitative estimate of drug-likeness (QED) is 0.257. The van der Waals surface area contributed by atoms with Gasteiger partial charge in [-0.3, -0.25) is 0 Å². The largest absolute Gasteiger partial charge is 0.416 e. The zero-order chi connectivity index (χ0) is 24.3. The van der Waals surface area contributed by atoms with Gasteiger partial charge in [0.15, 0.2) is 17.3 Å². The van der Waals surface area contributed by atoms with Crippen LogP contribution in [0.1, 0.15) is 41.4 Å². The number of aromatic nitrogens is 4. The summed E-state index contributed by atoms with van der Waals surface area (Å²) in [5.41, 5.74) is -1.08. The topological polar surface area (TPSA) is 50.9 Å². The normalized spacial score (nSPS) is 14.5. The lowest BCUT2D eigenvalue weighted by molar-refractivity contribution is -0.137. The Labute approximate surface area is 188 Å². The lowest BCUT2D eigenvalue weighted by atomic mass is 10.1. The van der Waals surface area contributed by atoms with Crippen LogP contribution in [0.25, 0.3) is 27.1 Å². The van der Waals surface area contributed by atoms with Crippen molar-refractivity contribution in [1.82, 2.24) is 19.7 Å². The summed E-state index contributed by atoms with van der Waals surface area (Å²) in [6.45, 7) is 7.19. The van der Waals surface area contributed by atoms with Crippen LogP contribution in [-0.4, -0.2) is 19.7 Å². The van der Waals surface area contributed by atoms with Gasteiger partial charge in [0.1, 0.15) is 0 Å². The van der Waals surface area contributed by atoms with E-state index in [1.54, 1.807) is 4.57 Å². The lowest BCUT2D eigenvalue weighted by Crippen LogP contribution is -2.07. The minimum Gasteiger partial charge on any atom is -0.337 e. The Balaban J connectivity index is 1.56. The fraction of sp³-hybridized carbons (Fsp3) is 0.261. The maximum Gasteiger partial charge on any atom is 0.416 e. The number of halogens is 6. The van der Waals surface area contributed by atoms with Crippen LogP contribution in [-0.2, 0) is 18.9 Å². The van der Waals surface area contributed by atoms with Gasteiger partial charge in [0, 0.05) is 22.2 Å². The molecule has 1 fully saturated rings. The molecular weight excluding hydrogens is 460 g/mol. The first-order valence-corrected chi connectivity index (χ1v) is 10.3. The van der Waals surface area contributed by atoms with Crippen LogP contribution in [0.4, 0.5) is 32.0 Å². The average Bonchev–Trinajstić information content (AvgIpc) is 3.41. The summed E-state index contributed by atoms with van der Waals surface area (Å²) in [4.78, 5) is 5.93. The number of H-pyrrole nitrogens is 1. The highest BCUT2D eigenvalue weighted by Crippen LogP contribution is 2.47. The van der Waals surface area contributed by atoms with Gasteiger partial charge in [-0.1, -0.05) is 18.2 Å². The molecule has 2 aromatic carbocycles. The molecular formula is C23H15F6N5. The molecule has 0 aliphatic heterocycles. The Morgan fingerprint density at radius 3 is 2.41 bits per heavy atom. The van der Waals surface area contributed by atoms with Crippen molar-refractivity contribution < 1.29 is 26.3 Å². The molecule has 0 radical (unpaired) electrons. The molecule has 0 spiro atoms. The van der Waals surface area contributed by atoms with Crippen molar-refractivity contribution in [1.29, 1.82) is 0 Å². The smallest absolute Gasteiger partial charge is 0.337 e. The van der Waals surface area contributed by atoms with Crippen LogP contribution in [0.2, 0.25) is 0 Å². The monoisotopic (exact) mass is 475 g/mol. The van der Waals surface area contributed by atoms with Crippen molar-refractivity contribution in [3.63, 3.8) is 0 Å². The summed E-state index contributed by atoms with van der Waals surface area (Å²) in [7, 11) is 0. The third-order valence-electron chi connectivity index (χ3n) is 5.80. The fourth-order valence-electron chi connectivity index (χ4n) is 4.12. The van der Waals surface area contributed by atoms with Gasteiger partial charge < -0.3 is 9.55 Å². The van der Waals surface area contributed by atoms with Gasteiger partial charge in [-0.05, 0) is 43.0 Å². The molecule has 0 bridgehead atoms. The number of nitrogens with zero attached hydrogens (tertiary/aromatic N) is 4. The summed E-state index contributed by atoms with van der Waals surface area (Å²) in [5, 5.41) is 7.90. The van der Waals surface area contributed by atoms with Gasteiger partial charge in [0.2, 0.25) is 0 Å². The molecule has 0 atom stereocenters. The summed E-state index contributed by atoms with van der Waals surface area (Å²) in [5.74, 6) is 0.502. The van der Waals surface area contributed by atoms with Gasteiger partial charge in [-0.2, -0.15) is 26.3 Å². The standard InChI is InChI=1S/C23H15F6N5/c1-30-16-7-8-17-15(20(16)23(27,28)29)10-18(12-5-6-12)34(17)11-19-31-21(33-32-19)13-3-2-4-14(9-13)22(24,25)26/h2-4,7-10,12H,5-6,11H2,(H,31,32,33). The van der Waals surface area contributed by atoms with Gasteiger partial charge in [-0.25, -0.2) is 4.85 Å². The molecule has 5 nitrogen and oxygen atoms in total. The molecule has 1 aliphatic rings. The Bertz CT molecular complexity index is 1430. The molecule has 1 saturated carbocycles. The first kappa shape index (κ1) is 22.0. The maximum absolute atomic E-state index is 13.8. The number of aromatic amines is 1. The fourth-order valence-corrected chi connectivity index (χ4v) is 4.12. The van der Waals surface area contributed by atoms with E-state index in [4.69, 9.17) is 6.57 Å². The second kappa shape index (κ2) is 7.62. The number of hydrogen-bond acceptors (Lipinski definition) is 2. The molecule has 1 aliphatic carbocycles. The van der Waals surface area contributed by atoms with Gasteiger partial charge >= 0.3 is 12.4 Å². The summed E-state index contributed by atoms with van der Waals surface area (Å²) in [6, 6.07) is 8.74. The highest BCUT2D eigenvalue weighted by molar-refractivity contribution is 5.90. The van der Waals surface area contributed by atoms with Gasteiger partial charge in [-0.15, -0.1) is 10.2 Å². The van der Waals surface area contributed by atoms with Crippen molar-refractivity contribution in [3.8, 4) is 11.4 Å². The van der Waals surface area contributed by atoms with E-state index in [1.807, 2.05) is 0 Å². The third-order valence-corrected chi connectivity index (χ3v) is 5.80. The predicted molar refractivity (Wildman–Crippen MR) is 111 cm³/mol. The summed E-state index contributed by atoms with van der Waals surface area (Å²) in [6.07, 6.45) is -7.55. The molecule has 0 saturated heterocycles. The van der Waals surface area contributed by atoms with Crippen LogP contribution < -0.4 is 0 Å². The highest BCUT2D eigenvalue weighted by Gasteiger charge is 2.38. The molecule has 2 heterocycles. The van der Waals surface area contributed by atoms with Crippen molar-refractivity contribution in [3.05, 3.63) is 76.5 Å². The van der Waals surface area contributed by atoms with Crippen molar-refractivity contribution >= 4 is 16.6 Å². The number of nitrogens with one attached hydrogen (secondary N) is 1. The molecule has 34 heavy (non-hydrogen) atoms. The second-order valence-corrected chi connectivity index (χ2v) is 8.13. The molecule has 0 amide bonds. The number of alkyl halides is 6. The van der Waals surface area contributed by atoms with Crippen LogP contribution in [0.3, 0.4) is 0 Å². The molecule has 1 N–H and O–H groups in total. The average molecular weight is 475 g/mol. The molecule has 5 rings (SSSR count). The van der Waals surface area contributed by atoms with Crippen molar-refractivity contribution in [2.24, 2.45) is 0 Å². The Kier molecular flexibility index (Phi) is 4.93.